The topological polar surface area (TPSA) is 231 Å². The number of esters is 2. The standard InChI is InChI=1S/C20H17N3O6.C14H9N3O4/c1-3-18(24)28-17-10-12(9-16(23(26)27)20(17)29-19(25)4-2)15-11-21-13-7-5-6-8-14(13)22-15;18-13-6-8(5-12(14(13)19)17(20)21)11-7-15-9-3-1-2-4-10(9)16-11/h5-11H,3-4H2,1-2H3;1-7,18-19H. The number of carbonyl (C=O) groups is 2. The minimum absolute atomic E-state index is 0.00375. The van der Waals surface area contributed by atoms with E-state index in [-0.39, 0.29) is 18.6 Å². The van der Waals surface area contributed by atoms with Crippen molar-refractivity contribution in [3.8, 4) is 45.5 Å². The van der Waals surface area contributed by atoms with E-state index in [1.165, 1.54) is 30.6 Å². The minimum Gasteiger partial charge on any atom is -0.504 e. The van der Waals surface area contributed by atoms with E-state index >= 15 is 0 Å². The first-order chi connectivity index (χ1) is 24.0. The van der Waals surface area contributed by atoms with E-state index < -0.39 is 50.4 Å². The van der Waals surface area contributed by atoms with Gasteiger partial charge in [-0.25, -0.2) is 9.97 Å². The van der Waals surface area contributed by atoms with E-state index in [4.69, 9.17) is 9.47 Å². The van der Waals surface area contributed by atoms with Crippen molar-refractivity contribution in [1.82, 2.24) is 19.9 Å². The average Bonchev–Trinajstić information content (AvgIpc) is 3.12. The number of phenols is 2. The first-order valence-electron chi connectivity index (χ1n) is 14.9. The maximum absolute atomic E-state index is 11.8. The third-order valence-electron chi connectivity index (χ3n) is 7.00. The van der Waals surface area contributed by atoms with Crippen LogP contribution in [0.25, 0.3) is 44.6 Å². The molecule has 2 N–H and O–H groups in total. The lowest BCUT2D eigenvalue weighted by molar-refractivity contribution is -0.386. The van der Waals surface area contributed by atoms with Crippen molar-refractivity contribution in [3.63, 3.8) is 0 Å². The van der Waals surface area contributed by atoms with Gasteiger partial charge in [0.2, 0.25) is 5.75 Å². The predicted octanol–water partition coefficient (Wildman–Crippen LogP) is 6.45. The fourth-order valence-corrected chi connectivity index (χ4v) is 4.51. The van der Waals surface area contributed by atoms with E-state index in [0.29, 0.717) is 44.6 Å². The molecule has 0 atom stereocenters. The van der Waals surface area contributed by atoms with Gasteiger partial charge in [0.1, 0.15) is 0 Å². The number of hydrogen-bond acceptors (Lipinski definition) is 14. The molecule has 2 aromatic heterocycles. The molecule has 0 radical (unpaired) electrons. The lowest BCUT2D eigenvalue weighted by Gasteiger charge is -2.12. The Kier molecular flexibility index (Phi) is 10.1. The molecule has 0 aliphatic carbocycles. The Hall–Kier alpha value is -7.10. The third kappa shape index (κ3) is 7.54. The maximum atomic E-state index is 11.8. The van der Waals surface area contributed by atoms with Crippen LogP contribution in [0.3, 0.4) is 0 Å². The molecule has 6 rings (SSSR count). The number of fused-ring (bicyclic) bond motifs is 2. The van der Waals surface area contributed by atoms with Crippen molar-refractivity contribution < 1.29 is 39.1 Å². The van der Waals surface area contributed by atoms with Gasteiger partial charge >= 0.3 is 23.3 Å². The molecule has 16 heteroatoms. The van der Waals surface area contributed by atoms with Gasteiger partial charge in [-0.2, -0.15) is 0 Å². The Morgan fingerprint density at radius 3 is 1.64 bits per heavy atom. The van der Waals surface area contributed by atoms with E-state index in [0.717, 1.165) is 6.07 Å². The monoisotopic (exact) mass is 678 g/mol. The molecule has 50 heavy (non-hydrogen) atoms. The second-order valence-electron chi connectivity index (χ2n) is 10.3. The van der Waals surface area contributed by atoms with Crippen LogP contribution in [0.4, 0.5) is 11.4 Å². The molecule has 4 aromatic carbocycles. The lowest BCUT2D eigenvalue weighted by Crippen LogP contribution is -2.12. The predicted molar refractivity (Wildman–Crippen MR) is 178 cm³/mol. The summed E-state index contributed by atoms with van der Waals surface area (Å²) in [6.45, 7) is 3.12. The quantitative estimate of drug-likeness (QED) is 0.0579. The largest absolute Gasteiger partial charge is 0.504 e. The Bertz CT molecular complexity index is 2300. The number of ether oxygens (including phenoxy) is 2. The molecule has 0 unspecified atom stereocenters. The van der Waals surface area contributed by atoms with Crippen molar-refractivity contribution in [2.75, 3.05) is 0 Å². The highest BCUT2D eigenvalue weighted by Gasteiger charge is 2.27. The van der Waals surface area contributed by atoms with Crippen molar-refractivity contribution in [3.05, 3.63) is 105 Å². The molecule has 6 aromatic rings. The van der Waals surface area contributed by atoms with Crippen LogP contribution in [-0.4, -0.2) is 51.9 Å². The van der Waals surface area contributed by atoms with Crippen molar-refractivity contribution in [2.45, 2.75) is 26.7 Å². The van der Waals surface area contributed by atoms with E-state index in [1.54, 1.807) is 50.2 Å². The summed E-state index contributed by atoms with van der Waals surface area (Å²) in [6, 6.07) is 19.3. The fraction of sp³-hybridized carbons (Fsp3) is 0.118. The van der Waals surface area contributed by atoms with Crippen molar-refractivity contribution in [2.24, 2.45) is 0 Å². The molecule has 0 bridgehead atoms. The number of rotatable bonds is 8. The number of carbonyl (C=O) groups excluding carboxylic acids is 2. The summed E-state index contributed by atoms with van der Waals surface area (Å²) in [7, 11) is 0. The van der Waals surface area contributed by atoms with Crippen LogP contribution >= 0.6 is 0 Å². The minimum atomic E-state index is -0.771. The van der Waals surface area contributed by atoms with Gasteiger partial charge in [0, 0.05) is 36.1 Å². The Balaban J connectivity index is 0.000000204. The number of phenolic OH excluding ortho intramolecular Hbond substituents is 2. The van der Waals surface area contributed by atoms with Gasteiger partial charge in [0.25, 0.3) is 5.75 Å². The van der Waals surface area contributed by atoms with Crippen LogP contribution in [0.2, 0.25) is 0 Å². The first kappa shape index (κ1) is 34.2. The molecule has 0 amide bonds. The number of nitrogens with zero attached hydrogens (tertiary/aromatic N) is 6. The van der Waals surface area contributed by atoms with E-state index in [9.17, 15) is 40.0 Å². The van der Waals surface area contributed by atoms with Crippen molar-refractivity contribution in [1.29, 1.82) is 0 Å². The second kappa shape index (κ2) is 14.8. The molecule has 0 spiro atoms. The van der Waals surface area contributed by atoms with E-state index in [1.807, 2.05) is 12.1 Å². The van der Waals surface area contributed by atoms with Gasteiger partial charge < -0.3 is 19.7 Å². The zero-order valence-corrected chi connectivity index (χ0v) is 26.3. The molecule has 2 heterocycles. The first-order valence-corrected chi connectivity index (χ1v) is 14.9. The molecular formula is C34H26N6O10. The molecular weight excluding hydrogens is 652 g/mol. The zero-order chi connectivity index (χ0) is 35.9. The summed E-state index contributed by atoms with van der Waals surface area (Å²) >= 11 is 0. The van der Waals surface area contributed by atoms with Gasteiger partial charge in [-0.05, 0) is 36.4 Å². The van der Waals surface area contributed by atoms with Crippen LogP contribution < -0.4 is 9.47 Å². The summed E-state index contributed by atoms with van der Waals surface area (Å²) in [5.41, 5.74) is 2.79. The number of para-hydroxylation sites is 4. The zero-order valence-electron chi connectivity index (χ0n) is 26.3. The maximum Gasteiger partial charge on any atom is 0.316 e. The number of nitro benzene ring substituents is 2. The fourth-order valence-electron chi connectivity index (χ4n) is 4.51. The number of aromatic hydroxyl groups is 2. The van der Waals surface area contributed by atoms with Gasteiger partial charge in [0.05, 0.1) is 55.7 Å². The Morgan fingerprint density at radius 2 is 1.14 bits per heavy atom. The smallest absolute Gasteiger partial charge is 0.316 e. The van der Waals surface area contributed by atoms with E-state index in [2.05, 4.69) is 19.9 Å². The highest BCUT2D eigenvalue weighted by molar-refractivity contribution is 5.83. The number of aromatic nitrogens is 4. The second-order valence-corrected chi connectivity index (χ2v) is 10.3. The summed E-state index contributed by atoms with van der Waals surface area (Å²) in [6.07, 6.45) is 2.95. The van der Waals surface area contributed by atoms with Crippen LogP contribution in [0.5, 0.6) is 23.0 Å². The molecule has 0 saturated carbocycles. The summed E-state index contributed by atoms with van der Waals surface area (Å²) < 4.78 is 10.3. The molecule has 0 saturated heterocycles. The van der Waals surface area contributed by atoms with Crippen LogP contribution in [-0.2, 0) is 9.59 Å². The summed E-state index contributed by atoms with van der Waals surface area (Å²) in [4.78, 5) is 61.9. The highest BCUT2D eigenvalue weighted by Crippen LogP contribution is 2.42. The average molecular weight is 679 g/mol. The number of nitro groups is 2. The molecule has 0 aliphatic heterocycles. The van der Waals surface area contributed by atoms with Crippen LogP contribution in [0.15, 0.2) is 85.2 Å². The SMILES string of the molecule is CCC(=O)Oc1cc(-c2cnc3ccccc3n2)cc([N+](=O)[O-])c1OC(=O)CC.O=[N+]([O-])c1cc(-c2cnc3ccccc3n2)cc(O)c1O. The van der Waals surface area contributed by atoms with Crippen LogP contribution in [0.1, 0.15) is 26.7 Å². The molecule has 0 aliphatic rings. The van der Waals surface area contributed by atoms with Crippen LogP contribution in [0, 0.1) is 20.2 Å². The van der Waals surface area contributed by atoms with Crippen molar-refractivity contribution >= 4 is 45.4 Å². The van der Waals surface area contributed by atoms with Gasteiger partial charge in [-0.1, -0.05) is 38.1 Å². The molecule has 0 fully saturated rings. The van der Waals surface area contributed by atoms with Gasteiger partial charge in [-0.15, -0.1) is 0 Å². The molecule has 252 valence electrons. The summed E-state index contributed by atoms with van der Waals surface area (Å²) in [5, 5.41) is 41.6. The normalized spacial score (nSPS) is 10.6. The molecule has 16 nitrogen and oxygen atoms in total. The Labute approximate surface area is 281 Å². The lowest BCUT2D eigenvalue weighted by atomic mass is 10.1. The van der Waals surface area contributed by atoms with Gasteiger partial charge in [-0.3, -0.25) is 39.8 Å². The summed E-state index contributed by atoms with van der Waals surface area (Å²) in [5.74, 6) is -3.31. The Morgan fingerprint density at radius 1 is 0.680 bits per heavy atom. The number of hydrogen-bond donors (Lipinski definition) is 2. The van der Waals surface area contributed by atoms with Gasteiger partial charge in [0.15, 0.2) is 11.5 Å². The number of benzene rings is 4. The highest BCUT2D eigenvalue weighted by atomic mass is 16.6. The third-order valence-corrected chi connectivity index (χ3v) is 7.00.